The zero-order valence-corrected chi connectivity index (χ0v) is 14.4. The van der Waals surface area contributed by atoms with Crippen LogP contribution in [0.2, 0.25) is 0 Å². The SMILES string of the molecule is CCCCCCCNC(=O)c1ccccc1S(=O)(=O)CCC. The van der Waals surface area contributed by atoms with Crippen molar-refractivity contribution in [3.05, 3.63) is 29.8 Å². The van der Waals surface area contributed by atoms with E-state index in [1.807, 2.05) is 6.92 Å². The second kappa shape index (κ2) is 9.62. The minimum atomic E-state index is -3.39. The van der Waals surface area contributed by atoms with Crippen molar-refractivity contribution in [2.24, 2.45) is 0 Å². The summed E-state index contributed by atoms with van der Waals surface area (Å²) in [4.78, 5) is 12.4. The van der Waals surface area contributed by atoms with E-state index in [1.165, 1.54) is 25.3 Å². The molecule has 22 heavy (non-hydrogen) atoms. The number of carbonyl (C=O) groups excluding carboxylic acids is 1. The molecule has 0 aliphatic rings. The first kappa shape index (κ1) is 18.7. The number of nitrogens with one attached hydrogen (secondary N) is 1. The van der Waals surface area contributed by atoms with E-state index in [1.54, 1.807) is 18.2 Å². The lowest BCUT2D eigenvalue weighted by Gasteiger charge is -2.10. The van der Waals surface area contributed by atoms with Crippen molar-refractivity contribution >= 4 is 15.7 Å². The van der Waals surface area contributed by atoms with Gasteiger partial charge >= 0.3 is 0 Å². The van der Waals surface area contributed by atoms with E-state index in [-0.39, 0.29) is 22.1 Å². The molecule has 0 heterocycles. The van der Waals surface area contributed by atoms with Crippen LogP contribution < -0.4 is 5.32 Å². The van der Waals surface area contributed by atoms with Crippen LogP contribution in [-0.4, -0.2) is 26.6 Å². The fourth-order valence-electron chi connectivity index (χ4n) is 2.33. The standard InChI is InChI=1S/C17H27NO3S/c1-3-5-6-7-10-13-18-17(19)15-11-8-9-12-16(15)22(20,21)14-4-2/h8-9,11-12H,3-7,10,13-14H2,1-2H3,(H,18,19). The molecule has 1 aromatic rings. The molecule has 0 aliphatic heterocycles. The molecule has 124 valence electrons. The Balaban J connectivity index is 2.66. The molecule has 1 aromatic carbocycles. The highest BCUT2D eigenvalue weighted by molar-refractivity contribution is 7.91. The van der Waals surface area contributed by atoms with E-state index in [0.29, 0.717) is 13.0 Å². The van der Waals surface area contributed by atoms with Crippen LogP contribution in [0.4, 0.5) is 0 Å². The molecular weight excluding hydrogens is 298 g/mol. The van der Waals surface area contributed by atoms with Gasteiger partial charge in [-0.25, -0.2) is 8.42 Å². The summed E-state index contributed by atoms with van der Waals surface area (Å²) in [5, 5.41) is 2.83. The fraction of sp³-hybridized carbons (Fsp3) is 0.588. The zero-order valence-electron chi connectivity index (χ0n) is 13.6. The molecule has 0 bridgehead atoms. The van der Waals surface area contributed by atoms with Crippen LogP contribution in [0.1, 0.15) is 62.7 Å². The van der Waals surface area contributed by atoms with Gasteiger partial charge in [0.1, 0.15) is 0 Å². The lowest BCUT2D eigenvalue weighted by atomic mass is 10.1. The maximum atomic E-state index is 12.2. The first-order chi connectivity index (χ1) is 10.5. The minimum Gasteiger partial charge on any atom is -0.352 e. The second-order valence-corrected chi connectivity index (χ2v) is 7.56. The van der Waals surface area contributed by atoms with Crippen LogP contribution in [0, 0.1) is 0 Å². The van der Waals surface area contributed by atoms with Gasteiger partial charge < -0.3 is 5.32 Å². The second-order valence-electron chi connectivity index (χ2n) is 5.49. The summed E-state index contributed by atoms with van der Waals surface area (Å²) in [6.07, 6.45) is 6.13. The number of hydrogen-bond acceptors (Lipinski definition) is 3. The third kappa shape index (κ3) is 5.79. The monoisotopic (exact) mass is 325 g/mol. The van der Waals surface area contributed by atoms with E-state index in [4.69, 9.17) is 0 Å². The maximum absolute atomic E-state index is 12.2. The van der Waals surface area contributed by atoms with E-state index in [9.17, 15) is 13.2 Å². The van der Waals surface area contributed by atoms with Gasteiger partial charge in [-0.1, -0.05) is 51.7 Å². The van der Waals surface area contributed by atoms with Gasteiger partial charge in [-0.2, -0.15) is 0 Å². The first-order valence-corrected chi connectivity index (χ1v) is 9.78. The van der Waals surface area contributed by atoms with Crippen molar-refractivity contribution < 1.29 is 13.2 Å². The zero-order chi connectivity index (χ0) is 16.4. The average Bonchev–Trinajstić information content (AvgIpc) is 2.50. The van der Waals surface area contributed by atoms with Gasteiger partial charge in [-0.15, -0.1) is 0 Å². The van der Waals surface area contributed by atoms with Crippen molar-refractivity contribution in [2.45, 2.75) is 57.3 Å². The Bertz CT molecular complexity index is 567. The van der Waals surface area contributed by atoms with Gasteiger partial charge in [-0.05, 0) is 25.0 Å². The summed E-state index contributed by atoms with van der Waals surface area (Å²) in [7, 11) is -3.39. The summed E-state index contributed by atoms with van der Waals surface area (Å²) < 4.78 is 24.5. The Morgan fingerprint density at radius 1 is 1.00 bits per heavy atom. The number of benzene rings is 1. The number of rotatable bonds is 10. The number of amides is 1. The van der Waals surface area contributed by atoms with Crippen molar-refractivity contribution in [3.63, 3.8) is 0 Å². The summed E-state index contributed by atoms with van der Waals surface area (Å²) in [6, 6.07) is 6.45. The molecule has 0 saturated carbocycles. The predicted molar refractivity (Wildman–Crippen MR) is 89.9 cm³/mol. The van der Waals surface area contributed by atoms with Crippen LogP contribution in [0.5, 0.6) is 0 Å². The minimum absolute atomic E-state index is 0.0638. The summed E-state index contributed by atoms with van der Waals surface area (Å²) >= 11 is 0. The predicted octanol–water partition coefficient (Wildman–Crippen LogP) is 3.57. The van der Waals surface area contributed by atoms with E-state index < -0.39 is 9.84 Å². The third-order valence-corrected chi connectivity index (χ3v) is 5.48. The van der Waals surface area contributed by atoms with Crippen LogP contribution in [0.15, 0.2) is 29.2 Å². The number of sulfone groups is 1. The van der Waals surface area contributed by atoms with Gasteiger partial charge in [0.15, 0.2) is 9.84 Å². The van der Waals surface area contributed by atoms with E-state index >= 15 is 0 Å². The van der Waals surface area contributed by atoms with Crippen molar-refractivity contribution in [1.29, 1.82) is 0 Å². The topological polar surface area (TPSA) is 63.2 Å². The highest BCUT2D eigenvalue weighted by Gasteiger charge is 2.20. The summed E-state index contributed by atoms with van der Waals surface area (Å²) in [5.74, 6) is -0.236. The van der Waals surface area contributed by atoms with Gasteiger partial charge in [0.05, 0.1) is 16.2 Å². The van der Waals surface area contributed by atoms with Gasteiger partial charge in [0.25, 0.3) is 5.91 Å². The molecule has 1 N–H and O–H groups in total. The largest absolute Gasteiger partial charge is 0.352 e. The lowest BCUT2D eigenvalue weighted by molar-refractivity contribution is 0.0949. The molecule has 1 rings (SSSR count). The summed E-state index contributed by atoms with van der Waals surface area (Å²) in [5.41, 5.74) is 0.254. The van der Waals surface area contributed by atoms with Gasteiger partial charge in [-0.3, -0.25) is 4.79 Å². The molecule has 5 heteroatoms. The van der Waals surface area contributed by atoms with Crippen molar-refractivity contribution in [2.75, 3.05) is 12.3 Å². The lowest BCUT2D eigenvalue weighted by Crippen LogP contribution is -2.26. The van der Waals surface area contributed by atoms with Crippen LogP contribution >= 0.6 is 0 Å². The van der Waals surface area contributed by atoms with Gasteiger partial charge in [0.2, 0.25) is 0 Å². The van der Waals surface area contributed by atoms with Crippen molar-refractivity contribution in [1.82, 2.24) is 5.32 Å². The van der Waals surface area contributed by atoms with Crippen LogP contribution in [-0.2, 0) is 9.84 Å². The molecule has 4 nitrogen and oxygen atoms in total. The molecule has 0 saturated heterocycles. The molecule has 0 aromatic heterocycles. The number of hydrogen-bond donors (Lipinski definition) is 1. The highest BCUT2D eigenvalue weighted by Crippen LogP contribution is 2.17. The smallest absolute Gasteiger partial charge is 0.252 e. The Morgan fingerprint density at radius 3 is 2.36 bits per heavy atom. The Kier molecular flexibility index (Phi) is 8.17. The van der Waals surface area contributed by atoms with Crippen molar-refractivity contribution in [3.8, 4) is 0 Å². The Labute approximate surface area is 134 Å². The molecule has 0 fully saturated rings. The number of carbonyl (C=O) groups is 1. The molecular formula is C17H27NO3S. The molecule has 0 aliphatic carbocycles. The molecule has 1 amide bonds. The fourth-order valence-corrected chi connectivity index (χ4v) is 3.87. The molecule has 0 atom stereocenters. The Morgan fingerprint density at radius 2 is 1.68 bits per heavy atom. The van der Waals surface area contributed by atoms with Crippen LogP contribution in [0.3, 0.4) is 0 Å². The Hall–Kier alpha value is -1.36. The molecule has 0 spiro atoms. The van der Waals surface area contributed by atoms with E-state index in [2.05, 4.69) is 12.2 Å². The van der Waals surface area contributed by atoms with Crippen LogP contribution in [0.25, 0.3) is 0 Å². The van der Waals surface area contributed by atoms with Gasteiger partial charge in [0, 0.05) is 6.54 Å². The first-order valence-electron chi connectivity index (χ1n) is 8.13. The highest BCUT2D eigenvalue weighted by atomic mass is 32.2. The summed E-state index contributed by atoms with van der Waals surface area (Å²) in [6.45, 7) is 4.57. The molecule has 0 radical (unpaired) electrons. The molecule has 0 unspecified atom stereocenters. The third-order valence-electron chi connectivity index (χ3n) is 3.51. The van der Waals surface area contributed by atoms with E-state index in [0.717, 1.165) is 12.8 Å². The number of unbranched alkanes of at least 4 members (excludes halogenated alkanes) is 4. The normalized spacial score (nSPS) is 11.4. The average molecular weight is 325 g/mol. The maximum Gasteiger partial charge on any atom is 0.252 e. The quantitative estimate of drug-likeness (QED) is 0.669.